The van der Waals surface area contributed by atoms with E-state index in [2.05, 4.69) is 23.8 Å². The van der Waals surface area contributed by atoms with Gasteiger partial charge in [-0.1, -0.05) is 27.2 Å². The summed E-state index contributed by atoms with van der Waals surface area (Å²) in [6.07, 6.45) is 3.38. The fourth-order valence-corrected chi connectivity index (χ4v) is 2.29. The summed E-state index contributed by atoms with van der Waals surface area (Å²) in [4.78, 5) is 30.6. The van der Waals surface area contributed by atoms with Crippen molar-refractivity contribution < 1.29 is 9.15 Å². The fraction of sp³-hybridized carbons (Fsp3) is 0.562. The van der Waals surface area contributed by atoms with Gasteiger partial charge in [-0.2, -0.15) is 4.98 Å². The highest BCUT2D eigenvalue weighted by atomic mass is 16.5. The van der Waals surface area contributed by atoms with Crippen molar-refractivity contribution in [1.82, 2.24) is 9.97 Å². The van der Waals surface area contributed by atoms with Crippen molar-refractivity contribution in [2.75, 3.05) is 6.61 Å². The lowest BCUT2D eigenvalue weighted by Crippen LogP contribution is -2.15. The number of H-pyrrole nitrogens is 1. The summed E-state index contributed by atoms with van der Waals surface area (Å²) in [7, 11) is 0. The molecule has 2 heterocycles. The second kappa shape index (κ2) is 7.24. The Hall–Kier alpha value is -2.11. The molecule has 0 saturated heterocycles. The molecule has 0 atom stereocenters. The Kier molecular flexibility index (Phi) is 5.35. The quantitative estimate of drug-likeness (QED) is 0.850. The molecule has 120 valence electrons. The zero-order valence-electron chi connectivity index (χ0n) is 13.3. The Bertz CT molecular complexity index is 746. The van der Waals surface area contributed by atoms with Crippen LogP contribution in [0.15, 0.2) is 20.1 Å². The zero-order chi connectivity index (χ0) is 16.1. The minimum Gasteiger partial charge on any atom is -0.465 e. The van der Waals surface area contributed by atoms with Crippen LogP contribution in [0.4, 0.5) is 0 Å². The third kappa shape index (κ3) is 3.96. The highest BCUT2D eigenvalue weighted by molar-refractivity contribution is 5.75. The van der Waals surface area contributed by atoms with Gasteiger partial charge in [-0.25, -0.2) is 4.79 Å². The molecule has 2 aromatic rings. The van der Waals surface area contributed by atoms with Crippen LogP contribution in [0.25, 0.3) is 11.1 Å². The van der Waals surface area contributed by atoms with Crippen LogP contribution in [-0.4, -0.2) is 16.6 Å². The predicted octanol–water partition coefficient (Wildman–Crippen LogP) is 2.64. The summed E-state index contributed by atoms with van der Waals surface area (Å²) in [6, 6.07) is 1.47. The van der Waals surface area contributed by atoms with Gasteiger partial charge in [0.1, 0.15) is 5.39 Å². The minimum atomic E-state index is -0.494. The van der Waals surface area contributed by atoms with Crippen molar-refractivity contribution in [2.45, 2.75) is 46.5 Å². The van der Waals surface area contributed by atoms with Crippen LogP contribution in [0.5, 0.6) is 6.01 Å². The van der Waals surface area contributed by atoms with E-state index in [0.29, 0.717) is 29.9 Å². The first-order chi connectivity index (χ1) is 10.5. The molecule has 6 nitrogen and oxygen atoms in total. The SMILES string of the molecule is CCCOc1nc2oc(=O)cc(CCCC(C)C)c2c(=O)[nH]1. The number of aromatic nitrogens is 2. The summed E-state index contributed by atoms with van der Waals surface area (Å²) in [6.45, 7) is 6.67. The van der Waals surface area contributed by atoms with Gasteiger partial charge in [-0.15, -0.1) is 0 Å². The first-order valence-corrected chi connectivity index (χ1v) is 7.71. The standard InChI is InChI=1S/C16H22N2O4/c1-4-8-21-16-17-14(20)13-11(7-5-6-10(2)3)9-12(19)22-15(13)18-16/h9-10H,4-8H2,1-3H3,(H,17,18,20). The van der Waals surface area contributed by atoms with Gasteiger partial charge in [0.15, 0.2) is 0 Å². The maximum atomic E-state index is 12.3. The minimum absolute atomic E-state index is 0.0434. The second-order valence-electron chi connectivity index (χ2n) is 5.78. The van der Waals surface area contributed by atoms with Gasteiger partial charge in [0, 0.05) is 6.07 Å². The van der Waals surface area contributed by atoms with Crippen molar-refractivity contribution in [1.29, 1.82) is 0 Å². The van der Waals surface area contributed by atoms with Crippen LogP contribution >= 0.6 is 0 Å². The molecule has 0 radical (unpaired) electrons. The molecule has 0 bridgehead atoms. The number of nitrogens with zero attached hydrogens (tertiary/aromatic N) is 1. The molecule has 0 aliphatic heterocycles. The average Bonchev–Trinajstić information content (AvgIpc) is 2.43. The topological polar surface area (TPSA) is 85.2 Å². The normalized spacial score (nSPS) is 11.3. The van der Waals surface area contributed by atoms with E-state index in [-0.39, 0.29) is 17.3 Å². The fourth-order valence-electron chi connectivity index (χ4n) is 2.29. The predicted molar refractivity (Wildman–Crippen MR) is 84.5 cm³/mol. The van der Waals surface area contributed by atoms with Gasteiger partial charge in [-0.05, 0) is 30.7 Å². The number of nitrogens with one attached hydrogen (secondary N) is 1. The van der Waals surface area contributed by atoms with Crippen LogP contribution in [0.3, 0.4) is 0 Å². The number of fused-ring (bicyclic) bond motifs is 1. The molecule has 6 heteroatoms. The Morgan fingerprint density at radius 1 is 1.36 bits per heavy atom. The van der Waals surface area contributed by atoms with E-state index in [1.807, 2.05) is 6.92 Å². The van der Waals surface area contributed by atoms with Gasteiger partial charge < -0.3 is 9.15 Å². The summed E-state index contributed by atoms with van der Waals surface area (Å²) in [5.41, 5.74) is -0.101. The molecule has 2 aromatic heterocycles. The summed E-state index contributed by atoms with van der Waals surface area (Å²) in [5.74, 6) is 0.580. The average molecular weight is 306 g/mol. The van der Waals surface area contributed by atoms with Crippen LogP contribution in [0.1, 0.15) is 45.6 Å². The molecule has 0 saturated carbocycles. The van der Waals surface area contributed by atoms with Crippen LogP contribution in [0, 0.1) is 5.92 Å². The highest BCUT2D eigenvalue weighted by Crippen LogP contribution is 2.16. The smallest absolute Gasteiger partial charge is 0.337 e. The Morgan fingerprint density at radius 2 is 2.14 bits per heavy atom. The Balaban J connectivity index is 2.40. The number of hydrogen-bond donors (Lipinski definition) is 1. The van der Waals surface area contributed by atoms with Crippen LogP contribution < -0.4 is 15.9 Å². The second-order valence-corrected chi connectivity index (χ2v) is 5.78. The zero-order valence-corrected chi connectivity index (χ0v) is 13.3. The van der Waals surface area contributed by atoms with Crippen molar-refractivity contribution in [3.63, 3.8) is 0 Å². The van der Waals surface area contributed by atoms with Crippen molar-refractivity contribution in [3.05, 3.63) is 32.4 Å². The van der Waals surface area contributed by atoms with Crippen molar-refractivity contribution >= 4 is 11.1 Å². The van der Waals surface area contributed by atoms with Gasteiger partial charge in [-0.3, -0.25) is 9.78 Å². The molecule has 1 N–H and O–H groups in total. The Morgan fingerprint density at radius 3 is 2.82 bits per heavy atom. The third-order valence-electron chi connectivity index (χ3n) is 3.35. The molecule has 0 unspecified atom stereocenters. The molecule has 2 rings (SSSR count). The third-order valence-corrected chi connectivity index (χ3v) is 3.35. The molecule has 0 aromatic carbocycles. The summed E-state index contributed by atoms with van der Waals surface area (Å²) >= 11 is 0. The monoisotopic (exact) mass is 306 g/mol. The first-order valence-electron chi connectivity index (χ1n) is 7.71. The number of hydrogen-bond acceptors (Lipinski definition) is 5. The lowest BCUT2D eigenvalue weighted by atomic mass is 10.0. The van der Waals surface area contributed by atoms with E-state index < -0.39 is 5.63 Å². The van der Waals surface area contributed by atoms with Crippen molar-refractivity contribution in [3.8, 4) is 6.01 Å². The molecule has 0 fully saturated rings. The molecule has 22 heavy (non-hydrogen) atoms. The molecular weight excluding hydrogens is 284 g/mol. The van der Waals surface area contributed by atoms with E-state index in [1.54, 1.807) is 0 Å². The first kappa shape index (κ1) is 16.3. The van der Waals surface area contributed by atoms with E-state index in [4.69, 9.17) is 9.15 Å². The van der Waals surface area contributed by atoms with Gasteiger partial charge in [0.05, 0.1) is 6.61 Å². The largest absolute Gasteiger partial charge is 0.465 e. The van der Waals surface area contributed by atoms with E-state index in [9.17, 15) is 9.59 Å². The molecule has 0 aliphatic carbocycles. The van der Waals surface area contributed by atoms with Gasteiger partial charge >= 0.3 is 5.63 Å². The van der Waals surface area contributed by atoms with E-state index in [1.165, 1.54) is 6.07 Å². The highest BCUT2D eigenvalue weighted by Gasteiger charge is 2.13. The number of rotatable bonds is 7. The molecular formula is C16H22N2O4. The van der Waals surface area contributed by atoms with Gasteiger partial charge in [0.25, 0.3) is 11.6 Å². The maximum Gasteiger partial charge on any atom is 0.337 e. The lowest BCUT2D eigenvalue weighted by Gasteiger charge is -2.07. The summed E-state index contributed by atoms with van der Waals surface area (Å²) < 4.78 is 10.4. The number of aromatic amines is 1. The summed E-state index contributed by atoms with van der Waals surface area (Å²) in [5, 5.41) is 0.340. The van der Waals surface area contributed by atoms with Gasteiger partial charge in [0.2, 0.25) is 5.71 Å². The molecule has 0 spiro atoms. The number of aryl methyl sites for hydroxylation is 1. The van der Waals surface area contributed by atoms with E-state index in [0.717, 1.165) is 19.3 Å². The van der Waals surface area contributed by atoms with E-state index >= 15 is 0 Å². The number of ether oxygens (including phenoxy) is 1. The lowest BCUT2D eigenvalue weighted by molar-refractivity contribution is 0.291. The maximum absolute atomic E-state index is 12.3. The van der Waals surface area contributed by atoms with Crippen LogP contribution in [0.2, 0.25) is 0 Å². The van der Waals surface area contributed by atoms with Crippen LogP contribution in [-0.2, 0) is 6.42 Å². The van der Waals surface area contributed by atoms with Crippen molar-refractivity contribution in [2.24, 2.45) is 5.92 Å². The Labute approximate surface area is 128 Å². The molecule has 0 amide bonds. The molecule has 0 aliphatic rings.